The highest BCUT2D eigenvalue weighted by Crippen LogP contribution is 2.27. The second-order valence-electron chi connectivity index (χ2n) is 4.95. The van der Waals surface area contributed by atoms with Crippen LogP contribution in [0, 0.1) is 5.92 Å². The molecule has 1 N–H and O–H groups in total. The van der Waals surface area contributed by atoms with Gasteiger partial charge in [-0.1, -0.05) is 15.9 Å². The molecule has 2 aromatic rings. The van der Waals surface area contributed by atoms with Crippen LogP contribution in [0.15, 0.2) is 22.7 Å². The maximum atomic E-state index is 4.72. The first kappa shape index (κ1) is 12.6. The molecule has 0 atom stereocenters. The molecular weight excluding hydrogens is 308 g/mol. The molecule has 0 aliphatic carbocycles. The van der Waals surface area contributed by atoms with Crippen LogP contribution >= 0.6 is 27.3 Å². The molecule has 18 heavy (non-hydrogen) atoms. The van der Waals surface area contributed by atoms with E-state index in [1.807, 2.05) is 11.3 Å². The number of hydrogen-bond acceptors (Lipinski definition) is 3. The molecule has 2 heterocycles. The van der Waals surface area contributed by atoms with Crippen LogP contribution in [0.3, 0.4) is 0 Å². The average molecular weight is 325 g/mol. The van der Waals surface area contributed by atoms with E-state index >= 15 is 0 Å². The van der Waals surface area contributed by atoms with Crippen LogP contribution in [0.4, 0.5) is 0 Å². The van der Waals surface area contributed by atoms with E-state index in [1.165, 1.54) is 42.1 Å². The van der Waals surface area contributed by atoms with Gasteiger partial charge in [-0.25, -0.2) is 4.98 Å². The molecule has 1 aromatic carbocycles. The molecule has 0 amide bonds. The van der Waals surface area contributed by atoms with Crippen molar-refractivity contribution >= 4 is 37.5 Å². The predicted octanol–water partition coefficient (Wildman–Crippen LogP) is 3.99. The van der Waals surface area contributed by atoms with Gasteiger partial charge in [0.2, 0.25) is 0 Å². The SMILES string of the molecule is Brc1ccc2nc(CCC3CCNCC3)sc2c1. The van der Waals surface area contributed by atoms with Crippen molar-refractivity contribution in [3.05, 3.63) is 27.7 Å². The zero-order valence-corrected chi connectivity index (χ0v) is 12.7. The van der Waals surface area contributed by atoms with Crippen LogP contribution in [0.5, 0.6) is 0 Å². The number of hydrogen-bond donors (Lipinski definition) is 1. The van der Waals surface area contributed by atoms with Gasteiger partial charge in [0.05, 0.1) is 15.2 Å². The summed E-state index contributed by atoms with van der Waals surface area (Å²) in [6, 6.07) is 6.34. The number of benzene rings is 1. The summed E-state index contributed by atoms with van der Waals surface area (Å²) in [4.78, 5) is 4.72. The summed E-state index contributed by atoms with van der Waals surface area (Å²) in [7, 11) is 0. The van der Waals surface area contributed by atoms with E-state index in [4.69, 9.17) is 4.98 Å². The minimum Gasteiger partial charge on any atom is -0.317 e. The Balaban J connectivity index is 1.67. The Morgan fingerprint density at radius 3 is 3.00 bits per heavy atom. The molecule has 0 bridgehead atoms. The van der Waals surface area contributed by atoms with E-state index in [0.717, 1.165) is 22.3 Å². The van der Waals surface area contributed by atoms with E-state index in [-0.39, 0.29) is 0 Å². The highest BCUT2D eigenvalue weighted by atomic mass is 79.9. The summed E-state index contributed by atoms with van der Waals surface area (Å²) < 4.78 is 2.44. The predicted molar refractivity (Wildman–Crippen MR) is 81.2 cm³/mol. The third-order valence-electron chi connectivity index (χ3n) is 3.62. The lowest BCUT2D eigenvalue weighted by atomic mass is 9.93. The van der Waals surface area contributed by atoms with Gasteiger partial charge in [-0.2, -0.15) is 0 Å². The highest BCUT2D eigenvalue weighted by molar-refractivity contribution is 9.10. The molecule has 4 heteroatoms. The van der Waals surface area contributed by atoms with Crippen molar-refractivity contribution in [1.29, 1.82) is 0 Å². The summed E-state index contributed by atoms with van der Waals surface area (Å²) in [5, 5.41) is 4.72. The molecule has 1 aliphatic heterocycles. The van der Waals surface area contributed by atoms with Gasteiger partial charge in [-0.05, 0) is 62.9 Å². The zero-order chi connectivity index (χ0) is 12.4. The molecular formula is C14H17BrN2S. The molecule has 0 unspecified atom stereocenters. The van der Waals surface area contributed by atoms with Crippen LogP contribution in [-0.2, 0) is 6.42 Å². The van der Waals surface area contributed by atoms with Crippen molar-refractivity contribution in [3.8, 4) is 0 Å². The molecule has 3 rings (SSSR count). The smallest absolute Gasteiger partial charge is 0.0938 e. The van der Waals surface area contributed by atoms with Gasteiger partial charge in [0.1, 0.15) is 0 Å². The number of thiazole rings is 1. The number of piperidine rings is 1. The topological polar surface area (TPSA) is 24.9 Å². The second-order valence-corrected chi connectivity index (χ2v) is 6.98. The maximum absolute atomic E-state index is 4.72. The van der Waals surface area contributed by atoms with E-state index in [2.05, 4.69) is 39.4 Å². The number of aryl methyl sites for hydroxylation is 1. The lowest BCUT2D eigenvalue weighted by Gasteiger charge is -2.21. The van der Waals surface area contributed by atoms with Crippen LogP contribution in [-0.4, -0.2) is 18.1 Å². The van der Waals surface area contributed by atoms with Gasteiger partial charge in [-0.3, -0.25) is 0 Å². The van der Waals surface area contributed by atoms with Crippen molar-refractivity contribution in [2.24, 2.45) is 5.92 Å². The normalized spacial score (nSPS) is 17.4. The molecule has 0 saturated carbocycles. The Kier molecular flexibility index (Phi) is 3.97. The standard InChI is InChI=1S/C14H17BrN2S/c15-11-2-3-12-13(9-11)18-14(17-12)4-1-10-5-7-16-8-6-10/h2-3,9-10,16H,1,4-8H2. The Bertz CT molecular complexity index is 532. The number of rotatable bonds is 3. The first-order valence-electron chi connectivity index (χ1n) is 6.57. The highest BCUT2D eigenvalue weighted by Gasteiger charge is 2.14. The van der Waals surface area contributed by atoms with Gasteiger partial charge in [0.25, 0.3) is 0 Å². The molecule has 1 aliphatic rings. The second kappa shape index (κ2) is 5.68. The number of fused-ring (bicyclic) bond motifs is 1. The van der Waals surface area contributed by atoms with Gasteiger partial charge in [-0.15, -0.1) is 11.3 Å². The number of nitrogens with zero attached hydrogens (tertiary/aromatic N) is 1. The van der Waals surface area contributed by atoms with Crippen molar-refractivity contribution < 1.29 is 0 Å². The average Bonchev–Trinajstić information content (AvgIpc) is 2.79. The maximum Gasteiger partial charge on any atom is 0.0938 e. The van der Waals surface area contributed by atoms with Crippen LogP contribution < -0.4 is 5.32 Å². The van der Waals surface area contributed by atoms with Crippen molar-refractivity contribution in [2.75, 3.05) is 13.1 Å². The Hall–Kier alpha value is -0.450. The minimum atomic E-state index is 0.894. The van der Waals surface area contributed by atoms with Crippen LogP contribution in [0.2, 0.25) is 0 Å². The Morgan fingerprint density at radius 2 is 2.17 bits per heavy atom. The van der Waals surface area contributed by atoms with Gasteiger partial charge in [0.15, 0.2) is 0 Å². The molecule has 2 nitrogen and oxygen atoms in total. The summed E-state index contributed by atoms with van der Waals surface area (Å²) in [6.45, 7) is 2.38. The van der Waals surface area contributed by atoms with Crippen molar-refractivity contribution in [3.63, 3.8) is 0 Å². The summed E-state index contributed by atoms with van der Waals surface area (Å²) >= 11 is 5.36. The molecule has 1 saturated heterocycles. The van der Waals surface area contributed by atoms with Gasteiger partial charge < -0.3 is 5.32 Å². The first-order chi connectivity index (χ1) is 8.81. The van der Waals surface area contributed by atoms with E-state index < -0.39 is 0 Å². The quantitative estimate of drug-likeness (QED) is 0.923. The fourth-order valence-electron chi connectivity index (χ4n) is 2.55. The Labute approximate surface area is 120 Å². The number of nitrogens with one attached hydrogen (secondary N) is 1. The van der Waals surface area contributed by atoms with E-state index in [9.17, 15) is 0 Å². The molecule has 1 aromatic heterocycles. The monoisotopic (exact) mass is 324 g/mol. The molecule has 0 spiro atoms. The molecule has 1 fully saturated rings. The first-order valence-corrected chi connectivity index (χ1v) is 8.18. The van der Waals surface area contributed by atoms with E-state index in [1.54, 1.807) is 0 Å². The fraction of sp³-hybridized carbons (Fsp3) is 0.500. The molecule has 96 valence electrons. The fourth-order valence-corrected chi connectivity index (χ4v) is 4.09. The lowest BCUT2D eigenvalue weighted by Crippen LogP contribution is -2.27. The number of halogens is 1. The number of aromatic nitrogens is 1. The zero-order valence-electron chi connectivity index (χ0n) is 10.3. The van der Waals surface area contributed by atoms with Crippen molar-refractivity contribution in [1.82, 2.24) is 10.3 Å². The third-order valence-corrected chi connectivity index (χ3v) is 5.19. The molecule has 0 radical (unpaired) electrons. The largest absolute Gasteiger partial charge is 0.317 e. The summed E-state index contributed by atoms with van der Waals surface area (Å²) in [5.74, 6) is 0.894. The third kappa shape index (κ3) is 2.92. The van der Waals surface area contributed by atoms with Crippen LogP contribution in [0.1, 0.15) is 24.3 Å². The summed E-state index contributed by atoms with van der Waals surface area (Å²) in [5.41, 5.74) is 1.14. The van der Waals surface area contributed by atoms with Crippen LogP contribution in [0.25, 0.3) is 10.2 Å². The summed E-state index contributed by atoms with van der Waals surface area (Å²) in [6.07, 6.45) is 5.09. The minimum absolute atomic E-state index is 0.894. The van der Waals surface area contributed by atoms with Crippen molar-refractivity contribution in [2.45, 2.75) is 25.7 Å². The van der Waals surface area contributed by atoms with E-state index in [0.29, 0.717) is 0 Å². The van der Waals surface area contributed by atoms with Gasteiger partial charge in [0, 0.05) is 4.47 Å². The Morgan fingerprint density at radius 1 is 1.33 bits per heavy atom. The van der Waals surface area contributed by atoms with Gasteiger partial charge >= 0.3 is 0 Å². The lowest BCUT2D eigenvalue weighted by molar-refractivity contribution is 0.354.